The summed E-state index contributed by atoms with van der Waals surface area (Å²) in [4.78, 5) is 9.93. The number of carboxylic acid groups (broad SMARTS) is 1. The fraction of sp³-hybridized carbons (Fsp3) is 0.667. The van der Waals surface area contributed by atoms with Crippen LogP contribution in [-0.4, -0.2) is 11.1 Å². The van der Waals surface area contributed by atoms with Crippen LogP contribution >= 0.6 is 11.9 Å². The molecule has 0 heterocycles. The summed E-state index contributed by atoms with van der Waals surface area (Å²) in [5.74, 6) is -0.110. The Morgan fingerprint density at radius 3 is 1.96 bits per heavy atom. The van der Waals surface area contributed by atoms with Crippen LogP contribution in [0.25, 0.3) is 0 Å². The van der Waals surface area contributed by atoms with Gasteiger partial charge in [-0.05, 0) is 41.7 Å². The number of halogens is 1. The maximum Gasteiger partial charge on any atom is 0.306 e. The Hall–Kier alpha value is -1.22. The van der Waals surface area contributed by atoms with Crippen LogP contribution in [0.1, 0.15) is 85.8 Å². The molecule has 0 fully saturated rings. The van der Waals surface area contributed by atoms with Crippen LogP contribution in [-0.2, 0) is 15.6 Å². The van der Waals surface area contributed by atoms with Crippen molar-refractivity contribution < 1.29 is 14.2 Å². The van der Waals surface area contributed by atoms with E-state index in [0.29, 0.717) is 0 Å². The van der Waals surface area contributed by atoms with Gasteiger partial charge in [0.15, 0.2) is 0 Å². The molecule has 0 aromatic heterocycles. The number of benzene rings is 1. The highest BCUT2D eigenvalue weighted by Crippen LogP contribution is 2.38. The van der Waals surface area contributed by atoms with Gasteiger partial charge in [0.05, 0.1) is 5.92 Å². The third-order valence-electron chi connectivity index (χ3n) is 5.37. The lowest BCUT2D eigenvalue weighted by molar-refractivity contribution is -0.141. The Bertz CT molecular complexity index is 550. The highest BCUT2D eigenvalue weighted by Gasteiger charge is 2.26. The van der Waals surface area contributed by atoms with Gasteiger partial charge in [0.1, 0.15) is 17.6 Å². The molecule has 0 saturated heterocycles. The Morgan fingerprint density at radius 2 is 1.64 bits per heavy atom. The van der Waals surface area contributed by atoms with Crippen LogP contribution in [0.15, 0.2) is 18.2 Å². The van der Waals surface area contributed by atoms with E-state index in [1.54, 1.807) is 6.92 Å². The minimum absolute atomic E-state index is 0.0735. The highest BCUT2D eigenvalue weighted by molar-refractivity contribution is 6.09. The first-order chi connectivity index (χ1) is 11.5. The van der Waals surface area contributed by atoms with Crippen LogP contribution in [0.2, 0.25) is 0 Å². The average molecular weight is 371 g/mol. The fourth-order valence-electron chi connectivity index (χ4n) is 2.12. The number of carboxylic acids is 1. The van der Waals surface area contributed by atoms with Gasteiger partial charge in [0, 0.05) is 5.56 Å². The molecule has 144 valence electrons. The minimum Gasteiger partial charge on any atom is -0.481 e. The first-order valence-corrected chi connectivity index (χ1v) is 9.44. The van der Waals surface area contributed by atoms with Gasteiger partial charge in [0.2, 0.25) is 0 Å². The van der Waals surface area contributed by atoms with Gasteiger partial charge in [-0.1, -0.05) is 67.5 Å². The zero-order valence-corrected chi connectivity index (χ0v) is 17.8. The number of carbonyl (C=O) groups is 1. The lowest BCUT2D eigenvalue weighted by Gasteiger charge is -2.29. The molecule has 0 radical (unpaired) electrons. The number of aliphatic carboxylic acids is 1. The van der Waals surface area contributed by atoms with E-state index < -0.39 is 5.97 Å². The molecule has 25 heavy (non-hydrogen) atoms. The lowest BCUT2D eigenvalue weighted by Crippen LogP contribution is -2.20. The van der Waals surface area contributed by atoms with Crippen molar-refractivity contribution in [2.75, 3.05) is 0 Å². The van der Waals surface area contributed by atoms with Gasteiger partial charge in [0.25, 0.3) is 0 Å². The lowest BCUT2D eigenvalue weighted by atomic mass is 9.76. The second-order valence-electron chi connectivity index (χ2n) is 7.91. The van der Waals surface area contributed by atoms with Crippen molar-refractivity contribution in [3.63, 3.8) is 0 Å². The summed E-state index contributed by atoms with van der Waals surface area (Å²) in [5, 5.41) is 8.18. The van der Waals surface area contributed by atoms with Gasteiger partial charge in [-0.3, -0.25) is 4.79 Å². The molecule has 0 aliphatic carbocycles. The summed E-state index contributed by atoms with van der Waals surface area (Å²) in [6.45, 7) is 17.0. The third kappa shape index (κ3) is 6.89. The molecule has 1 aromatic carbocycles. The van der Waals surface area contributed by atoms with Crippen molar-refractivity contribution >= 4 is 17.8 Å². The van der Waals surface area contributed by atoms with E-state index in [2.05, 4.69) is 53.7 Å². The molecule has 0 bridgehead atoms. The Balaban J connectivity index is 0.000000697. The summed E-state index contributed by atoms with van der Waals surface area (Å²) in [6.07, 6.45) is 2.88. The molecule has 0 aliphatic rings. The predicted molar refractivity (Wildman–Crippen MR) is 107 cm³/mol. The molecule has 1 aromatic rings. The maximum atomic E-state index is 9.93. The molecule has 1 atom stereocenters. The van der Waals surface area contributed by atoms with Gasteiger partial charge < -0.3 is 9.40 Å². The monoisotopic (exact) mass is 370 g/mol. The zero-order chi connectivity index (χ0) is 19.8. The molecule has 1 N–H and O–H groups in total. The summed E-state index contributed by atoms with van der Waals surface area (Å²) < 4.78 is 5.01. The van der Waals surface area contributed by atoms with Crippen molar-refractivity contribution in [1.29, 1.82) is 0 Å². The molecule has 0 amide bonds. The zero-order valence-electron chi connectivity index (χ0n) is 17.1. The largest absolute Gasteiger partial charge is 0.481 e. The molecule has 1 rings (SSSR count). The number of hydrogen-bond donors (Lipinski definition) is 1. The standard InChI is InChI=1S/C16H25ClO.C5H10O2/c1-7-15(3,4)12-9-10-14(18-17)13(11-12)16(5,6)8-2;1-3-4(2)5(6)7/h9-11H,7-8H2,1-6H3;4H,3H2,1-2H3,(H,6,7). The smallest absolute Gasteiger partial charge is 0.306 e. The van der Waals surface area contributed by atoms with E-state index in [4.69, 9.17) is 21.3 Å². The van der Waals surface area contributed by atoms with Gasteiger partial charge in [-0.15, -0.1) is 0 Å². The molecular formula is C21H35ClO3. The Morgan fingerprint density at radius 1 is 1.12 bits per heavy atom. The van der Waals surface area contributed by atoms with Gasteiger partial charge >= 0.3 is 5.97 Å². The first-order valence-electron chi connectivity index (χ1n) is 9.13. The molecule has 0 aliphatic heterocycles. The fourth-order valence-corrected chi connectivity index (χ4v) is 2.25. The van der Waals surface area contributed by atoms with E-state index in [1.165, 1.54) is 11.1 Å². The second kappa shape index (κ2) is 10.1. The van der Waals surface area contributed by atoms with Crippen molar-refractivity contribution in [3.8, 4) is 5.75 Å². The summed E-state index contributed by atoms with van der Waals surface area (Å²) in [6, 6.07) is 6.37. The number of hydrogen-bond acceptors (Lipinski definition) is 2. The first kappa shape index (κ1) is 23.8. The van der Waals surface area contributed by atoms with Crippen LogP contribution in [0.4, 0.5) is 0 Å². The van der Waals surface area contributed by atoms with Crippen LogP contribution in [0, 0.1) is 5.92 Å². The van der Waals surface area contributed by atoms with Crippen LogP contribution in [0.5, 0.6) is 5.75 Å². The normalized spacial score (nSPS) is 12.8. The predicted octanol–water partition coefficient (Wildman–Crippen LogP) is 6.71. The quantitative estimate of drug-likeness (QED) is 0.579. The summed E-state index contributed by atoms with van der Waals surface area (Å²) in [7, 11) is 0. The van der Waals surface area contributed by atoms with Gasteiger partial charge in [-0.2, -0.15) is 0 Å². The molecule has 0 saturated carbocycles. The third-order valence-corrected chi connectivity index (χ3v) is 5.54. The van der Waals surface area contributed by atoms with Crippen LogP contribution in [0.3, 0.4) is 0 Å². The molecule has 0 spiro atoms. The maximum absolute atomic E-state index is 9.93. The summed E-state index contributed by atoms with van der Waals surface area (Å²) >= 11 is 5.60. The van der Waals surface area contributed by atoms with Gasteiger partial charge in [-0.25, -0.2) is 0 Å². The van der Waals surface area contributed by atoms with Crippen molar-refractivity contribution in [2.24, 2.45) is 5.92 Å². The Kier molecular flexibility index (Phi) is 9.57. The molecule has 3 nitrogen and oxygen atoms in total. The average Bonchev–Trinajstić information content (AvgIpc) is 2.60. The van der Waals surface area contributed by atoms with Crippen molar-refractivity contribution in [3.05, 3.63) is 29.3 Å². The summed E-state index contributed by atoms with van der Waals surface area (Å²) in [5.41, 5.74) is 2.80. The van der Waals surface area contributed by atoms with Crippen LogP contribution < -0.4 is 4.29 Å². The minimum atomic E-state index is -0.706. The molecule has 4 heteroatoms. The van der Waals surface area contributed by atoms with E-state index in [0.717, 1.165) is 25.0 Å². The van der Waals surface area contributed by atoms with E-state index in [9.17, 15) is 4.79 Å². The van der Waals surface area contributed by atoms with Crippen molar-refractivity contribution in [2.45, 2.75) is 85.5 Å². The molecule has 1 unspecified atom stereocenters. The van der Waals surface area contributed by atoms with E-state index in [1.807, 2.05) is 13.0 Å². The van der Waals surface area contributed by atoms with E-state index in [-0.39, 0.29) is 16.7 Å². The number of rotatable bonds is 7. The molecular weight excluding hydrogens is 336 g/mol. The van der Waals surface area contributed by atoms with E-state index >= 15 is 0 Å². The second-order valence-corrected chi connectivity index (χ2v) is 8.06. The topological polar surface area (TPSA) is 46.5 Å². The Labute approximate surface area is 158 Å². The SMILES string of the molecule is CCC(C)(C)c1ccc(OCl)c(C(C)(C)CC)c1.CCC(C)C(=O)O. The highest BCUT2D eigenvalue weighted by atomic mass is 35.5. The van der Waals surface area contributed by atoms with Crippen molar-refractivity contribution in [1.82, 2.24) is 0 Å².